The van der Waals surface area contributed by atoms with Crippen molar-refractivity contribution in [3.63, 3.8) is 0 Å². The molecule has 308 valence electrons. The van der Waals surface area contributed by atoms with Gasteiger partial charge >= 0.3 is 0 Å². The molecule has 0 fully saturated rings. The maximum atomic E-state index is 4.07. The first-order chi connectivity index (χ1) is 31.0. The van der Waals surface area contributed by atoms with Crippen LogP contribution in [0.5, 0.6) is 0 Å². The van der Waals surface area contributed by atoms with E-state index in [9.17, 15) is 0 Å². The average molecular weight is 815 g/mol. The Hall–Kier alpha value is -7.16. The van der Waals surface area contributed by atoms with E-state index in [1.807, 2.05) is 0 Å². The molecule has 0 spiro atoms. The van der Waals surface area contributed by atoms with Crippen LogP contribution >= 0.6 is 0 Å². The highest BCUT2D eigenvalue weighted by molar-refractivity contribution is 6.10. The predicted molar refractivity (Wildman–Crippen MR) is 270 cm³/mol. The van der Waals surface area contributed by atoms with Crippen molar-refractivity contribution in [3.05, 3.63) is 230 Å². The number of hydrogen-bond donors (Lipinski definition) is 0. The highest BCUT2D eigenvalue weighted by Crippen LogP contribution is 2.55. The molecule has 1 aliphatic rings. The molecule has 0 amide bonds. The van der Waals surface area contributed by atoms with Crippen LogP contribution in [0.1, 0.15) is 60.8 Å². The minimum absolute atomic E-state index is 0.0279. The van der Waals surface area contributed by atoms with E-state index in [4.69, 9.17) is 0 Å². The lowest BCUT2D eigenvalue weighted by molar-refractivity contribution is 0.422. The summed E-state index contributed by atoms with van der Waals surface area (Å²) in [5, 5.41) is 2.52. The lowest BCUT2D eigenvalue weighted by Crippen LogP contribution is -2.25. The Labute approximate surface area is 373 Å². The molecule has 0 radical (unpaired) electrons. The molecule has 1 heterocycles. The lowest BCUT2D eigenvalue weighted by atomic mass is 9.70. The molecule has 0 unspecified atom stereocenters. The van der Waals surface area contributed by atoms with Gasteiger partial charge in [0.15, 0.2) is 0 Å². The summed E-state index contributed by atoms with van der Waals surface area (Å²) in [4.78, 5) is 2.37. The third kappa shape index (κ3) is 7.30. The molecule has 2 nitrogen and oxygen atoms in total. The Bertz CT molecular complexity index is 3080. The maximum Gasteiger partial charge on any atom is 0.0541 e. The van der Waals surface area contributed by atoms with Crippen molar-refractivity contribution in [2.24, 2.45) is 0 Å². The Morgan fingerprint density at radius 2 is 0.952 bits per heavy atom. The van der Waals surface area contributed by atoms with E-state index in [2.05, 4.69) is 231 Å². The van der Waals surface area contributed by atoms with E-state index in [1.54, 1.807) is 0 Å². The zero-order valence-electron chi connectivity index (χ0n) is 36.5. The van der Waals surface area contributed by atoms with Crippen LogP contribution in [-0.2, 0) is 5.41 Å². The van der Waals surface area contributed by atoms with Crippen LogP contribution in [0.3, 0.4) is 0 Å². The normalized spacial score (nSPS) is 12.6. The highest BCUT2D eigenvalue weighted by atomic mass is 15.1. The first kappa shape index (κ1) is 39.9. The molecule has 9 aromatic rings. The molecule has 8 aromatic carbocycles. The average Bonchev–Trinajstić information content (AvgIpc) is 3.79. The van der Waals surface area contributed by atoms with Gasteiger partial charge < -0.3 is 9.47 Å². The van der Waals surface area contributed by atoms with Crippen LogP contribution in [0.15, 0.2) is 207 Å². The number of fused-ring (bicyclic) bond motifs is 6. The van der Waals surface area contributed by atoms with Crippen LogP contribution in [0.4, 0.5) is 17.1 Å². The van der Waals surface area contributed by atoms with Crippen molar-refractivity contribution in [2.45, 2.75) is 57.8 Å². The van der Waals surface area contributed by atoms with Gasteiger partial charge in [-0.15, -0.1) is 13.2 Å². The van der Waals surface area contributed by atoms with Gasteiger partial charge in [0.2, 0.25) is 0 Å². The van der Waals surface area contributed by atoms with Crippen molar-refractivity contribution >= 4 is 38.9 Å². The van der Waals surface area contributed by atoms with Crippen LogP contribution < -0.4 is 4.90 Å². The SMILES string of the molecule is C=CCCCC1(CCCC=C)c2cc(C)ccc2-c2ccc(-c3ccc(N(c4ccc(C)cc4)c4ccc(-c5ccc6c(c5)c5ccccc5n6-c5ccccc5)cc4)cc3)cc21. The minimum Gasteiger partial charge on any atom is -0.311 e. The zero-order chi connectivity index (χ0) is 42.9. The molecule has 1 aliphatic carbocycles. The topological polar surface area (TPSA) is 8.17 Å². The van der Waals surface area contributed by atoms with E-state index in [0.717, 1.165) is 55.6 Å². The third-order valence-corrected chi connectivity index (χ3v) is 13.4. The summed E-state index contributed by atoms with van der Waals surface area (Å²) in [5.41, 5.74) is 20.1. The van der Waals surface area contributed by atoms with Crippen LogP contribution in [0.2, 0.25) is 0 Å². The fraction of sp³-hybridized carbons (Fsp3) is 0.148. The summed E-state index contributed by atoms with van der Waals surface area (Å²) in [6, 6.07) is 67.7. The zero-order valence-corrected chi connectivity index (χ0v) is 36.5. The highest BCUT2D eigenvalue weighted by Gasteiger charge is 2.42. The second-order valence-electron chi connectivity index (χ2n) is 17.4. The number of allylic oxidation sites excluding steroid dienone is 2. The van der Waals surface area contributed by atoms with Gasteiger partial charge in [0.05, 0.1) is 11.0 Å². The number of aryl methyl sites for hydroxylation is 2. The maximum absolute atomic E-state index is 4.07. The molecule has 2 heteroatoms. The fourth-order valence-electron chi connectivity index (χ4n) is 10.3. The quantitative estimate of drug-likeness (QED) is 0.0784. The standard InChI is InChI=1S/C61H54N2/c1-5-7-14-38-61(39-15-8-6-2)57-40-44(4)22-35-53(57)54-36-27-48(42-58(54)61)46-25-33-52(34-26-46)62(50-29-20-43(3)21-30-50)51-31-23-45(24-32-51)47-28-37-60-56(41-47)55-18-12-13-19-59(55)63(60)49-16-10-9-11-17-49/h5-6,9-13,16-37,40-42H,1-2,7-8,14-15,38-39H2,3-4H3. The second kappa shape index (κ2) is 17.0. The van der Waals surface area contributed by atoms with Crippen molar-refractivity contribution in [2.75, 3.05) is 4.90 Å². The van der Waals surface area contributed by atoms with Crippen molar-refractivity contribution < 1.29 is 0 Å². The Kier molecular flexibility index (Phi) is 10.7. The first-order valence-electron chi connectivity index (χ1n) is 22.6. The summed E-state index contributed by atoms with van der Waals surface area (Å²) in [6.45, 7) is 12.5. The number of anilines is 3. The van der Waals surface area contributed by atoms with E-state index in [1.165, 1.54) is 83.1 Å². The molecule has 10 rings (SSSR count). The Morgan fingerprint density at radius 1 is 0.460 bits per heavy atom. The third-order valence-electron chi connectivity index (χ3n) is 13.4. The fourth-order valence-corrected chi connectivity index (χ4v) is 10.3. The molecule has 0 aliphatic heterocycles. The van der Waals surface area contributed by atoms with Gasteiger partial charge in [-0.3, -0.25) is 0 Å². The van der Waals surface area contributed by atoms with Gasteiger partial charge in [-0.1, -0.05) is 132 Å². The number of para-hydroxylation sites is 2. The summed E-state index contributed by atoms with van der Waals surface area (Å²) >= 11 is 0. The molecule has 63 heavy (non-hydrogen) atoms. The molecule has 0 saturated heterocycles. The molecule has 1 aromatic heterocycles. The van der Waals surface area contributed by atoms with Crippen LogP contribution in [0.25, 0.3) is 60.9 Å². The van der Waals surface area contributed by atoms with Gasteiger partial charge in [0.25, 0.3) is 0 Å². The van der Waals surface area contributed by atoms with Gasteiger partial charge in [-0.25, -0.2) is 0 Å². The van der Waals surface area contributed by atoms with Crippen molar-refractivity contribution in [3.8, 4) is 39.1 Å². The Morgan fingerprint density at radius 3 is 1.59 bits per heavy atom. The minimum atomic E-state index is -0.0279. The van der Waals surface area contributed by atoms with Crippen molar-refractivity contribution in [1.29, 1.82) is 0 Å². The predicted octanol–water partition coefficient (Wildman–Crippen LogP) is 17.2. The second-order valence-corrected chi connectivity index (χ2v) is 17.4. The number of unbranched alkanes of at least 4 members (excludes halogenated alkanes) is 2. The largest absolute Gasteiger partial charge is 0.311 e. The summed E-state index contributed by atoms with van der Waals surface area (Å²) in [7, 11) is 0. The van der Waals surface area contributed by atoms with E-state index < -0.39 is 0 Å². The van der Waals surface area contributed by atoms with E-state index >= 15 is 0 Å². The summed E-state index contributed by atoms with van der Waals surface area (Å²) < 4.78 is 2.37. The Balaban J connectivity index is 0.996. The van der Waals surface area contributed by atoms with Crippen molar-refractivity contribution in [1.82, 2.24) is 4.57 Å². The molecule has 0 N–H and O–H groups in total. The monoisotopic (exact) mass is 814 g/mol. The molecule has 0 bridgehead atoms. The molecule has 0 atom stereocenters. The van der Waals surface area contributed by atoms with Gasteiger partial charge in [-0.05, 0) is 170 Å². The number of benzene rings is 8. The van der Waals surface area contributed by atoms with E-state index in [0.29, 0.717) is 0 Å². The molecular formula is C61H54N2. The first-order valence-corrected chi connectivity index (χ1v) is 22.6. The number of nitrogens with zero attached hydrogens (tertiary/aromatic N) is 2. The van der Waals surface area contributed by atoms with Gasteiger partial charge in [0, 0.05) is 38.9 Å². The van der Waals surface area contributed by atoms with Crippen LogP contribution in [0, 0.1) is 13.8 Å². The van der Waals surface area contributed by atoms with Gasteiger partial charge in [0.1, 0.15) is 0 Å². The van der Waals surface area contributed by atoms with Gasteiger partial charge in [-0.2, -0.15) is 0 Å². The number of rotatable bonds is 14. The molecule has 0 saturated carbocycles. The number of aromatic nitrogens is 1. The van der Waals surface area contributed by atoms with Crippen LogP contribution in [-0.4, -0.2) is 4.57 Å². The summed E-state index contributed by atoms with van der Waals surface area (Å²) in [6.07, 6.45) is 10.7. The lowest BCUT2D eigenvalue weighted by Gasteiger charge is -2.33. The van der Waals surface area contributed by atoms with E-state index in [-0.39, 0.29) is 5.41 Å². The smallest absolute Gasteiger partial charge is 0.0541 e. The molecular weight excluding hydrogens is 761 g/mol. The number of hydrogen-bond acceptors (Lipinski definition) is 1. The summed E-state index contributed by atoms with van der Waals surface area (Å²) in [5.74, 6) is 0.